The van der Waals surface area contributed by atoms with Gasteiger partial charge in [-0.25, -0.2) is 0 Å². The van der Waals surface area contributed by atoms with E-state index in [1.807, 2.05) is 43.3 Å². The van der Waals surface area contributed by atoms with Gasteiger partial charge in [0.25, 0.3) is 0 Å². The highest BCUT2D eigenvalue weighted by molar-refractivity contribution is 14.1. The van der Waals surface area contributed by atoms with Crippen molar-refractivity contribution in [3.8, 4) is 0 Å². The molecule has 0 amide bonds. The van der Waals surface area contributed by atoms with E-state index in [0.717, 1.165) is 14.7 Å². The molecule has 1 N–H and O–H groups in total. The first-order valence-electron chi connectivity index (χ1n) is 5.69. The van der Waals surface area contributed by atoms with Crippen LogP contribution in [-0.4, -0.2) is 5.11 Å². The lowest BCUT2D eigenvalue weighted by molar-refractivity contribution is 0.220. The molecule has 0 spiro atoms. The van der Waals surface area contributed by atoms with Gasteiger partial charge in [0.05, 0.1) is 5.02 Å². The van der Waals surface area contributed by atoms with Gasteiger partial charge in [0, 0.05) is 3.57 Å². The van der Waals surface area contributed by atoms with Crippen LogP contribution in [0, 0.1) is 17.4 Å². The number of rotatable bonds is 2. The summed E-state index contributed by atoms with van der Waals surface area (Å²) in [5.41, 5.74) is 4.13. The fraction of sp³-hybridized carbons (Fsp3) is 0.200. The Labute approximate surface area is 126 Å². The summed E-state index contributed by atoms with van der Waals surface area (Å²) in [7, 11) is 0. The Morgan fingerprint density at radius 3 is 2.22 bits per heavy atom. The van der Waals surface area contributed by atoms with Crippen LogP contribution in [0.2, 0.25) is 5.02 Å². The largest absolute Gasteiger partial charge is 0.384 e. The number of benzene rings is 2. The highest BCUT2D eigenvalue weighted by Gasteiger charge is 2.12. The summed E-state index contributed by atoms with van der Waals surface area (Å²) in [5.74, 6) is 0. The SMILES string of the molecule is Cc1ccc(C(O)c2ccc(I)c(Cl)c2)cc1C. The smallest absolute Gasteiger partial charge is 0.104 e. The summed E-state index contributed by atoms with van der Waals surface area (Å²) < 4.78 is 0.991. The minimum absolute atomic E-state index is 0.626. The summed E-state index contributed by atoms with van der Waals surface area (Å²) in [4.78, 5) is 0. The highest BCUT2D eigenvalue weighted by Crippen LogP contribution is 2.28. The Morgan fingerprint density at radius 2 is 1.61 bits per heavy atom. The molecular formula is C15H14ClIO. The Kier molecular flexibility index (Phi) is 4.30. The molecule has 1 nitrogen and oxygen atoms in total. The molecule has 0 aromatic heterocycles. The van der Waals surface area contributed by atoms with Crippen molar-refractivity contribution >= 4 is 34.2 Å². The Bertz CT molecular complexity index is 529. The third-order valence-corrected chi connectivity index (χ3v) is 4.68. The summed E-state index contributed by atoms with van der Waals surface area (Å²) in [6, 6.07) is 11.7. The third kappa shape index (κ3) is 2.87. The van der Waals surface area contributed by atoms with Gasteiger partial charge in [0.1, 0.15) is 6.10 Å². The van der Waals surface area contributed by atoms with E-state index in [-0.39, 0.29) is 0 Å². The van der Waals surface area contributed by atoms with Crippen molar-refractivity contribution in [1.82, 2.24) is 0 Å². The molecule has 0 aliphatic heterocycles. The van der Waals surface area contributed by atoms with Crippen molar-refractivity contribution < 1.29 is 5.11 Å². The lowest BCUT2D eigenvalue weighted by Crippen LogP contribution is -2.00. The fourth-order valence-electron chi connectivity index (χ4n) is 1.81. The lowest BCUT2D eigenvalue weighted by atomic mass is 9.98. The molecule has 0 heterocycles. The zero-order valence-electron chi connectivity index (χ0n) is 10.2. The van der Waals surface area contributed by atoms with Gasteiger partial charge in [-0.15, -0.1) is 0 Å². The van der Waals surface area contributed by atoms with Crippen LogP contribution in [0.15, 0.2) is 36.4 Å². The topological polar surface area (TPSA) is 20.2 Å². The first-order chi connectivity index (χ1) is 8.49. The first-order valence-corrected chi connectivity index (χ1v) is 7.15. The van der Waals surface area contributed by atoms with Gasteiger partial charge in [-0.3, -0.25) is 0 Å². The maximum atomic E-state index is 10.4. The van der Waals surface area contributed by atoms with Crippen LogP contribution in [0.5, 0.6) is 0 Å². The molecule has 94 valence electrons. The predicted octanol–water partition coefficient (Wildman–Crippen LogP) is 4.64. The molecule has 2 rings (SSSR count). The second kappa shape index (κ2) is 5.59. The quantitative estimate of drug-likeness (QED) is 0.761. The molecule has 0 saturated carbocycles. The van der Waals surface area contributed by atoms with Crippen LogP contribution >= 0.6 is 34.2 Å². The van der Waals surface area contributed by atoms with E-state index in [1.54, 1.807) is 0 Å². The zero-order chi connectivity index (χ0) is 13.3. The van der Waals surface area contributed by atoms with Gasteiger partial charge in [-0.2, -0.15) is 0 Å². The van der Waals surface area contributed by atoms with E-state index in [1.165, 1.54) is 11.1 Å². The third-order valence-electron chi connectivity index (χ3n) is 3.11. The van der Waals surface area contributed by atoms with Crippen LogP contribution in [-0.2, 0) is 0 Å². The van der Waals surface area contributed by atoms with Crippen LogP contribution in [0.3, 0.4) is 0 Å². The molecule has 3 heteroatoms. The number of aryl methyl sites for hydroxylation is 2. The van der Waals surface area contributed by atoms with Crippen LogP contribution in [0.1, 0.15) is 28.4 Å². The van der Waals surface area contributed by atoms with E-state index in [2.05, 4.69) is 29.5 Å². The monoisotopic (exact) mass is 372 g/mol. The van der Waals surface area contributed by atoms with Gasteiger partial charge in [-0.05, 0) is 70.8 Å². The molecule has 0 radical (unpaired) electrons. The molecule has 0 aliphatic rings. The van der Waals surface area contributed by atoms with E-state index < -0.39 is 6.10 Å². The summed E-state index contributed by atoms with van der Waals surface area (Å²) >= 11 is 8.26. The number of aliphatic hydroxyl groups is 1. The highest BCUT2D eigenvalue weighted by atomic mass is 127. The van der Waals surface area contributed by atoms with Gasteiger partial charge < -0.3 is 5.11 Å². The maximum Gasteiger partial charge on any atom is 0.104 e. The Balaban J connectivity index is 2.37. The Hall–Kier alpha value is -0.580. The molecular weight excluding hydrogens is 359 g/mol. The van der Waals surface area contributed by atoms with Crippen LogP contribution in [0.4, 0.5) is 0 Å². The summed E-state index contributed by atoms with van der Waals surface area (Å²) in [5, 5.41) is 11.0. The van der Waals surface area contributed by atoms with Crippen molar-refractivity contribution in [2.75, 3.05) is 0 Å². The van der Waals surface area contributed by atoms with E-state index in [4.69, 9.17) is 11.6 Å². The average Bonchev–Trinajstić information content (AvgIpc) is 2.35. The molecule has 0 aliphatic carbocycles. The number of hydrogen-bond donors (Lipinski definition) is 1. The Morgan fingerprint density at radius 1 is 1.00 bits per heavy atom. The fourth-order valence-corrected chi connectivity index (χ4v) is 2.33. The van der Waals surface area contributed by atoms with Crippen molar-refractivity contribution in [3.05, 3.63) is 67.2 Å². The molecule has 0 bridgehead atoms. The van der Waals surface area contributed by atoms with Crippen molar-refractivity contribution in [1.29, 1.82) is 0 Å². The first kappa shape index (κ1) is 13.8. The summed E-state index contributed by atoms with van der Waals surface area (Å²) in [6.07, 6.45) is -0.626. The van der Waals surface area contributed by atoms with Gasteiger partial charge in [-0.1, -0.05) is 35.9 Å². The maximum absolute atomic E-state index is 10.4. The normalized spacial score (nSPS) is 12.5. The second-order valence-corrected chi connectivity index (χ2v) is 5.99. The van der Waals surface area contributed by atoms with Crippen molar-refractivity contribution in [2.45, 2.75) is 20.0 Å². The molecule has 0 fully saturated rings. The molecule has 18 heavy (non-hydrogen) atoms. The molecule has 1 atom stereocenters. The van der Waals surface area contributed by atoms with Crippen LogP contribution in [0.25, 0.3) is 0 Å². The van der Waals surface area contributed by atoms with E-state index >= 15 is 0 Å². The van der Waals surface area contributed by atoms with Crippen LogP contribution < -0.4 is 0 Å². The number of hydrogen-bond acceptors (Lipinski definition) is 1. The minimum atomic E-state index is -0.626. The standard InChI is InChI=1S/C15H14ClIO/c1-9-3-4-11(7-10(9)2)15(18)12-5-6-14(17)13(16)8-12/h3-8,15,18H,1-2H3. The minimum Gasteiger partial charge on any atom is -0.384 e. The average molecular weight is 373 g/mol. The second-order valence-electron chi connectivity index (χ2n) is 4.42. The van der Waals surface area contributed by atoms with Crippen molar-refractivity contribution in [2.24, 2.45) is 0 Å². The van der Waals surface area contributed by atoms with Crippen molar-refractivity contribution in [3.63, 3.8) is 0 Å². The zero-order valence-corrected chi connectivity index (χ0v) is 13.2. The van der Waals surface area contributed by atoms with Gasteiger partial charge in [0.15, 0.2) is 0 Å². The molecule has 1 unspecified atom stereocenters. The van der Waals surface area contributed by atoms with Gasteiger partial charge >= 0.3 is 0 Å². The lowest BCUT2D eigenvalue weighted by Gasteiger charge is -2.14. The molecule has 2 aromatic rings. The van der Waals surface area contributed by atoms with E-state index in [9.17, 15) is 5.11 Å². The number of halogens is 2. The molecule has 2 aromatic carbocycles. The van der Waals surface area contributed by atoms with E-state index in [0.29, 0.717) is 5.02 Å². The predicted molar refractivity (Wildman–Crippen MR) is 84.1 cm³/mol. The number of aliphatic hydroxyl groups excluding tert-OH is 1. The molecule has 0 saturated heterocycles. The summed E-state index contributed by atoms with van der Waals surface area (Å²) in [6.45, 7) is 4.11. The van der Waals surface area contributed by atoms with Gasteiger partial charge in [0.2, 0.25) is 0 Å².